The van der Waals surface area contributed by atoms with Gasteiger partial charge in [-0.05, 0) is 100 Å². The number of benzene rings is 7. The molecule has 0 amide bonds. The summed E-state index contributed by atoms with van der Waals surface area (Å²) in [4.78, 5) is 10.1. The van der Waals surface area contributed by atoms with E-state index in [9.17, 15) is 0 Å². The normalized spacial score (nSPS) is 12.2. The van der Waals surface area contributed by atoms with Gasteiger partial charge in [-0.3, -0.25) is 9.55 Å². The lowest BCUT2D eigenvalue weighted by molar-refractivity contribution is 1.10. The Kier molecular flexibility index (Phi) is 5.47. The fourth-order valence-corrected chi connectivity index (χ4v) is 8.78. The lowest BCUT2D eigenvalue weighted by atomic mass is 10.00. The second-order valence-electron chi connectivity index (χ2n) is 13.8. The van der Waals surface area contributed by atoms with E-state index in [-0.39, 0.29) is 0 Å². The van der Waals surface area contributed by atoms with Gasteiger partial charge in [0.05, 0.1) is 33.3 Å². The van der Waals surface area contributed by atoms with Gasteiger partial charge in [0.15, 0.2) is 0 Å². The van der Waals surface area contributed by atoms with E-state index in [1.165, 1.54) is 71.0 Å². The smallest absolute Gasteiger partial charge is 0.138 e. The molecule has 0 saturated heterocycles. The Morgan fingerprint density at radius 3 is 1.92 bits per heavy atom. The van der Waals surface area contributed by atoms with E-state index in [1.807, 2.05) is 12.3 Å². The molecule has 1 aliphatic rings. The Bertz CT molecular complexity index is 3290. The van der Waals surface area contributed by atoms with E-state index in [0.717, 1.165) is 39.3 Å². The van der Waals surface area contributed by atoms with Crippen molar-refractivity contribution in [2.75, 3.05) is 0 Å². The third kappa shape index (κ3) is 3.75. The van der Waals surface area contributed by atoms with Crippen molar-refractivity contribution in [2.24, 2.45) is 0 Å². The van der Waals surface area contributed by atoms with E-state index in [1.54, 1.807) is 0 Å². The zero-order chi connectivity index (χ0) is 33.9. The van der Waals surface area contributed by atoms with Gasteiger partial charge in [0.1, 0.15) is 5.82 Å². The summed E-state index contributed by atoms with van der Waals surface area (Å²) in [6.07, 6.45) is 1.89. The summed E-state index contributed by atoms with van der Waals surface area (Å²) < 4.78 is 4.72. The molecule has 4 nitrogen and oxygen atoms in total. The molecule has 0 N–H and O–H groups in total. The van der Waals surface area contributed by atoms with Crippen LogP contribution in [0, 0.1) is 0 Å². The maximum absolute atomic E-state index is 5.29. The van der Waals surface area contributed by atoms with Gasteiger partial charge in [-0.1, -0.05) is 91.0 Å². The van der Waals surface area contributed by atoms with Gasteiger partial charge in [0, 0.05) is 49.9 Å². The Labute approximate surface area is 298 Å². The first-order valence-electron chi connectivity index (χ1n) is 17.7. The van der Waals surface area contributed by atoms with Gasteiger partial charge in [0.2, 0.25) is 0 Å². The van der Waals surface area contributed by atoms with Crippen LogP contribution in [-0.2, 0) is 0 Å². The van der Waals surface area contributed by atoms with Gasteiger partial charge in [0.25, 0.3) is 0 Å². The summed E-state index contributed by atoms with van der Waals surface area (Å²) in [5, 5.41) is 8.59. The third-order valence-corrected chi connectivity index (χ3v) is 11.1. The first kappa shape index (κ1) is 27.7. The summed E-state index contributed by atoms with van der Waals surface area (Å²) in [5.41, 5.74) is 13.8. The Morgan fingerprint density at radius 1 is 0.404 bits per heavy atom. The van der Waals surface area contributed by atoms with E-state index < -0.39 is 0 Å². The standard InChI is InChI=1S/C48H28N4/c1-2-12-33(13-3-1)51-43-21-19-32(26-38(43)39-24-29-10-4-5-11-30(29)27-45(39)51)31-20-22-44-37(25-31)34-14-6-7-18-42(34)52(44)46-28-40-47-35(15-8-17-41(47)50-46)36-16-9-23-49-48(36)40/h1-28H. The number of pyridine rings is 2. The maximum atomic E-state index is 5.29. The minimum Gasteiger partial charge on any atom is -0.309 e. The minimum absolute atomic E-state index is 0.902. The summed E-state index contributed by atoms with van der Waals surface area (Å²) >= 11 is 0. The Hall–Kier alpha value is -7.04. The quantitative estimate of drug-likeness (QED) is 0.189. The number of rotatable bonds is 3. The molecule has 0 bridgehead atoms. The molecule has 0 atom stereocenters. The minimum atomic E-state index is 0.902. The zero-order valence-corrected chi connectivity index (χ0v) is 28.0. The van der Waals surface area contributed by atoms with Crippen LogP contribution < -0.4 is 0 Å². The fraction of sp³-hybridized carbons (Fsp3) is 0. The van der Waals surface area contributed by atoms with E-state index in [4.69, 9.17) is 9.97 Å². The van der Waals surface area contributed by atoms with Crippen LogP contribution in [0.3, 0.4) is 0 Å². The average molecular weight is 661 g/mol. The first-order chi connectivity index (χ1) is 25.8. The topological polar surface area (TPSA) is 35.6 Å². The van der Waals surface area contributed by atoms with Crippen LogP contribution in [0.5, 0.6) is 0 Å². The van der Waals surface area contributed by atoms with Crippen molar-refractivity contribution in [2.45, 2.75) is 0 Å². The highest BCUT2D eigenvalue weighted by atomic mass is 15.1. The number of fused-ring (bicyclic) bond motifs is 10. The van der Waals surface area contributed by atoms with Gasteiger partial charge in [-0.2, -0.15) is 0 Å². The molecule has 12 rings (SSSR count). The van der Waals surface area contributed by atoms with Gasteiger partial charge in [-0.25, -0.2) is 4.98 Å². The Morgan fingerprint density at radius 2 is 1.08 bits per heavy atom. The maximum Gasteiger partial charge on any atom is 0.138 e. The molecule has 0 radical (unpaired) electrons. The van der Waals surface area contributed by atoms with Crippen molar-refractivity contribution in [3.63, 3.8) is 0 Å². The molecule has 11 aromatic rings. The van der Waals surface area contributed by atoms with Gasteiger partial charge < -0.3 is 4.57 Å². The molecule has 4 aromatic heterocycles. The van der Waals surface area contributed by atoms with Gasteiger partial charge >= 0.3 is 0 Å². The molecule has 0 unspecified atom stereocenters. The highest BCUT2D eigenvalue weighted by Gasteiger charge is 2.25. The fourth-order valence-electron chi connectivity index (χ4n) is 8.78. The molecule has 4 heterocycles. The van der Waals surface area contributed by atoms with Crippen molar-refractivity contribution in [1.29, 1.82) is 0 Å². The summed E-state index contributed by atoms with van der Waals surface area (Å²) in [5.74, 6) is 0.902. The molecule has 1 aliphatic carbocycles. The van der Waals surface area contributed by atoms with Crippen LogP contribution in [-0.4, -0.2) is 19.1 Å². The van der Waals surface area contributed by atoms with Crippen LogP contribution in [0.1, 0.15) is 0 Å². The SMILES string of the molecule is c1ccc(-n2c3ccc(-c4ccc5c(c4)c4ccccc4n5-c4cc5c6c(cccc6n4)-c4cccnc4-5)cc3c3cc4ccccc4cc32)cc1. The molecule has 7 aromatic carbocycles. The van der Waals surface area contributed by atoms with Crippen LogP contribution in [0.2, 0.25) is 0 Å². The van der Waals surface area contributed by atoms with Crippen LogP contribution >= 0.6 is 0 Å². The summed E-state index contributed by atoms with van der Waals surface area (Å²) in [6.45, 7) is 0. The molecular formula is C48H28N4. The van der Waals surface area contributed by atoms with Crippen molar-refractivity contribution in [3.8, 4) is 45.0 Å². The second-order valence-corrected chi connectivity index (χ2v) is 13.8. The molecule has 240 valence electrons. The highest BCUT2D eigenvalue weighted by molar-refractivity contribution is 6.16. The van der Waals surface area contributed by atoms with E-state index in [0.29, 0.717) is 0 Å². The molecule has 0 fully saturated rings. The van der Waals surface area contributed by atoms with E-state index >= 15 is 0 Å². The molecule has 0 aliphatic heterocycles. The van der Waals surface area contributed by atoms with Crippen molar-refractivity contribution < 1.29 is 0 Å². The van der Waals surface area contributed by atoms with Crippen LogP contribution in [0.4, 0.5) is 0 Å². The Balaban J connectivity index is 1.08. The summed E-state index contributed by atoms with van der Waals surface area (Å²) in [7, 11) is 0. The highest BCUT2D eigenvalue weighted by Crippen LogP contribution is 2.47. The number of hydrogen-bond donors (Lipinski definition) is 0. The molecule has 0 spiro atoms. The molecule has 0 saturated carbocycles. The largest absolute Gasteiger partial charge is 0.309 e. The van der Waals surface area contributed by atoms with Crippen molar-refractivity contribution >= 4 is 65.3 Å². The van der Waals surface area contributed by atoms with Crippen molar-refractivity contribution in [3.05, 3.63) is 170 Å². The summed E-state index contributed by atoms with van der Waals surface area (Å²) in [6, 6.07) is 59.4. The van der Waals surface area contributed by atoms with Crippen LogP contribution in [0.15, 0.2) is 170 Å². The first-order valence-corrected chi connectivity index (χ1v) is 17.7. The van der Waals surface area contributed by atoms with Crippen LogP contribution in [0.25, 0.3) is 110 Å². The molecule has 4 heteroatoms. The van der Waals surface area contributed by atoms with E-state index in [2.05, 4.69) is 167 Å². The monoisotopic (exact) mass is 660 g/mol. The number of hydrogen-bond acceptors (Lipinski definition) is 2. The predicted molar refractivity (Wildman–Crippen MR) is 216 cm³/mol. The molecule has 52 heavy (non-hydrogen) atoms. The lowest BCUT2D eigenvalue weighted by Gasteiger charge is -2.11. The van der Waals surface area contributed by atoms with Crippen molar-refractivity contribution in [1.82, 2.24) is 19.1 Å². The van der Waals surface area contributed by atoms with Gasteiger partial charge in [-0.15, -0.1) is 0 Å². The average Bonchev–Trinajstić information content (AvgIpc) is 3.83. The molecular weight excluding hydrogens is 633 g/mol. The zero-order valence-electron chi connectivity index (χ0n) is 28.0. The number of para-hydroxylation sites is 2. The lowest BCUT2D eigenvalue weighted by Crippen LogP contribution is -1.98. The number of nitrogens with zero attached hydrogens (tertiary/aromatic N) is 4. The predicted octanol–water partition coefficient (Wildman–Crippen LogP) is 12.3. The third-order valence-electron chi connectivity index (χ3n) is 11.1. The number of aromatic nitrogens is 4. The second kappa shape index (κ2) is 10.3.